The Bertz CT molecular complexity index is 900. The molecule has 0 radical (unpaired) electrons. The van der Waals surface area contributed by atoms with E-state index in [1.807, 2.05) is 39.6 Å². The summed E-state index contributed by atoms with van der Waals surface area (Å²) in [6, 6.07) is 4.13. The van der Waals surface area contributed by atoms with Gasteiger partial charge in [0.05, 0.1) is 12.1 Å². The topological polar surface area (TPSA) is 78.6 Å². The zero-order valence-electron chi connectivity index (χ0n) is 18.2. The summed E-state index contributed by atoms with van der Waals surface area (Å²) < 4.78 is 1.97. The van der Waals surface area contributed by atoms with Crippen LogP contribution in [0.2, 0.25) is 0 Å². The third-order valence-electron chi connectivity index (χ3n) is 5.21. The highest BCUT2D eigenvalue weighted by Gasteiger charge is 2.40. The summed E-state index contributed by atoms with van der Waals surface area (Å²) in [5, 5.41) is 3.41. The van der Waals surface area contributed by atoms with Crippen LogP contribution in [0.15, 0.2) is 35.7 Å². The van der Waals surface area contributed by atoms with Crippen molar-refractivity contribution in [2.75, 3.05) is 20.1 Å². The quantitative estimate of drug-likeness (QED) is 0.630. The van der Waals surface area contributed by atoms with E-state index in [9.17, 15) is 4.79 Å². The first-order valence-electron chi connectivity index (χ1n) is 9.96. The minimum Gasteiger partial charge on any atom is -0.352 e. The van der Waals surface area contributed by atoms with E-state index in [4.69, 9.17) is 0 Å². The molecule has 0 aromatic carbocycles. The van der Waals surface area contributed by atoms with Gasteiger partial charge >= 0.3 is 0 Å². The highest BCUT2D eigenvalue weighted by molar-refractivity contribution is 5.88. The molecular weight excluding hydrogens is 366 g/mol. The fourth-order valence-electron chi connectivity index (χ4n) is 4.21. The van der Waals surface area contributed by atoms with Crippen LogP contribution in [0.4, 0.5) is 0 Å². The van der Waals surface area contributed by atoms with Crippen molar-refractivity contribution in [1.29, 1.82) is 0 Å². The molecule has 1 saturated heterocycles. The number of carbonyl (C=O) groups excluding carboxylic acids is 1. The molecule has 1 aliphatic rings. The van der Waals surface area contributed by atoms with Crippen LogP contribution in [0.3, 0.4) is 0 Å². The van der Waals surface area contributed by atoms with Crippen LogP contribution in [-0.4, -0.2) is 67.9 Å². The van der Waals surface area contributed by atoms with Gasteiger partial charge in [0, 0.05) is 50.3 Å². The highest BCUT2D eigenvalue weighted by atomic mass is 16.2. The van der Waals surface area contributed by atoms with Gasteiger partial charge in [0.15, 0.2) is 5.96 Å². The maximum atomic E-state index is 12.8. The summed E-state index contributed by atoms with van der Waals surface area (Å²) in [6.07, 6.45) is 5.45. The standard InChI is InChI=1S/C21H31N7O/c1-15(2)28-18(29)13-26(14-21(28,4)5)20(22-6)25-12-17-8-7-9-24-19(17)27-11-10-23-16(27)3/h7-11,15H,12-14H2,1-6H3,(H,22,25). The van der Waals surface area contributed by atoms with Gasteiger partial charge in [-0.05, 0) is 40.7 Å². The van der Waals surface area contributed by atoms with Crippen molar-refractivity contribution >= 4 is 11.9 Å². The molecule has 1 fully saturated rings. The Balaban J connectivity index is 1.76. The molecule has 29 heavy (non-hydrogen) atoms. The van der Waals surface area contributed by atoms with Crippen molar-refractivity contribution in [3.05, 3.63) is 42.1 Å². The van der Waals surface area contributed by atoms with Gasteiger partial charge in [-0.1, -0.05) is 6.07 Å². The summed E-state index contributed by atoms with van der Waals surface area (Å²) >= 11 is 0. The molecule has 0 unspecified atom stereocenters. The van der Waals surface area contributed by atoms with Crippen molar-refractivity contribution < 1.29 is 4.79 Å². The number of aromatic nitrogens is 3. The summed E-state index contributed by atoms with van der Waals surface area (Å²) in [7, 11) is 1.75. The van der Waals surface area contributed by atoms with E-state index in [0.717, 1.165) is 23.8 Å². The number of nitrogens with one attached hydrogen (secondary N) is 1. The summed E-state index contributed by atoms with van der Waals surface area (Å²) in [5.74, 6) is 2.56. The Kier molecular flexibility index (Phi) is 5.91. The number of guanidine groups is 1. The van der Waals surface area contributed by atoms with E-state index in [-0.39, 0.29) is 17.5 Å². The average molecular weight is 398 g/mol. The summed E-state index contributed by atoms with van der Waals surface area (Å²) in [6.45, 7) is 11.9. The Morgan fingerprint density at radius 2 is 2.07 bits per heavy atom. The molecular formula is C21H31N7O. The predicted molar refractivity (Wildman–Crippen MR) is 114 cm³/mol. The number of aryl methyl sites for hydroxylation is 1. The maximum Gasteiger partial charge on any atom is 0.242 e. The minimum atomic E-state index is -0.269. The van der Waals surface area contributed by atoms with E-state index >= 15 is 0 Å². The average Bonchev–Trinajstić information content (AvgIpc) is 3.06. The molecule has 2 aromatic heterocycles. The van der Waals surface area contributed by atoms with Gasteiger partial charge in [0.25, 0.3) is 0 Å². The predicted octanol–water partition coefficient (Wildman–Crippen LogP) is 1.98. The normalized spacial score (nSPS) is 17.2. The van der Waals surface area contributed by atoms with E-state index in [2.05, 4.69) is 48.0 Å². The number of amides is 1. The lowest BCUT2D eigenvalue weighted by atomic mass is 9.96. The Hall–Kier alpha value is -2.90. The Morgan fingerprint density at radius 3 is 2.66 bits per heavy atom. The fraction of sp³-hybridized carbons (Fsp3) is 0.524. The summed E-state index contributed by atoms with van der Waals surface area (Å²) in [5.41, 5.74) is 0.760. The largest absolute Gasteiger partial charge is 0.352 e. The smallest absolute Gasteiger partial charge is 0.242 e. The summed E-state index contributed by atoms with van der Waals surface area (Å²) in [4.78, 5) is 30.0. The lowest BCUT2D eigenvalue weighted by Crippen LogP contribution is -2.66. The molecule has 156 valence electrons. The van der Waals surface area contributed by atoms with Crippen molar-refractivity contribution in [2.45, 2.75) is 52.7 Å². The number of imidazole rings is 1. The SMILES string of the molecule is CN=C(NCc1cccnc1-n1ccnc1C)N1CC(=O)N(C(C)C)C(C)(C)C1. The van der Waals surface area contributed by atoms with Crippen LogP contribution in [0.25, 0.3) is 5.82 Å². The van der Waals surface area contributed by atoms with Crippen LogP contribution in [0, 0.1) is 6.92 Å². The van der Waals surface area contributed by atoms with Crippen molar-refractivity contribution in [3.63, 3.8) is 0 Å². The lowest BCUT2D eigenvalue weighted by molar-refractivity contribution is -0.145. The van der Waals surface area contributed by atoms with Gasteiger partial charge < -0.3 is 15.1 Å². The molecule has 1 amide bonds. The lowest BCUT2D eigenvalue weighted by Gasteiger charge is -2.49. The van der Waals surface area contributed by atoms with Crippen molar-refractivity contribution in [1.82, 2.24) is 29.7 Å². The fourth-order valence-corrected chi connectivity index (χ4v) is 4.21. The molecule has 3 heterocycles. The van der Waals surface area contributed by atoms with Crippen LogP contribution >= 0.6 is 0 Å². The number of piperazine rings is 1. The Labute approximate surface area is 172 Å². The third kappa shape index (κ3) is 4.26. The minimum absolute atomic E-state index is 0.121. The molecule has 3 rings (SSSR count). The second-order valence-electron chi connectivity index (χ2n) is 8.26. The number of hydrogen-bond donors (Lipinski definition) is 1. The number of rotatable bonds is 4. The Morgan fingerprint density at radius 1 is 1.31 bits per heavy atom. The number of pyridine rings is 1. The van der Waals surface area contributed by atoms with Crippen LogP contribution in [0.5, 0.6) is 0 Å². The van der Waals surface area contributed by atoms with E-state index in [1.165, 1.54) is 0 Å². The van der Waals surface area contributed by atoms with Gasteiger partial charge in [0.2, 0.25) is 5.91 Å². The zero-order valence-corrected chi connectivity index (χ0v) is 18.2. The van der Waals surface area contributed by atoms with E-state index in [1.54, 1.807) is 19.4 Å². The molecule has 0 spiro atoms. The molecule has 1 aliphatic heterocycles. The van der Waals surface area contributed by atoms with Crippen molar-refractivity contribution in [2.24, 2.45) is 4.99 Å². The molecule has 0 atom stereocenters. The van der Waals surface area contributed by atoms with Gasteiger partial charge in [-0.2, -0.15) is 0 Å². The van der Waals surface area contributed by atoms with E-state index < -0.39 is 0 Å². The molecule has 1 N–H and O–H groups in total. The number of carbonyl (C=O) groups is 1. The van der Waals surface area contributed by atoms with Crippen molar-refractivity contribution in [3.8, 4) is 5.82 Å². The third-order valence-corrected chi connectivity index (χ3v) is 5.21. The van der Waals surface area contributed by atoms with Gasteiger partial charge in [-0.15, -0.1) is 0 Å². The number of hydrogen-bond acceptors (Lipinski definition) is 4. The molecule has 0 bridgehead atoms. The number of aliphatic imine (C=N–C) groups is 1. The van der Waals surface area contributed by atoms with Gasteiger partial charge in [0.1, 0.15) is 11.6 Å². The highest BCUT2D eigenvalue weighted by Crippen LogP contribution is 2.24. The molecule has 0 saturated carbocycles. The molecule has 8 nitrogen and oxygen atoms in total. The van der Waals surface area contributed by atoms with E-state index in [0.29, 0.717) is 19.0 Å². The van der Waals surface area contributed by atoms with Crippen LogP contribution in [0.1, 0.15) is 39.1 Å². The monoisotopic (exact) mass is 397 g/mol. The molecule has 0 aliphatic carbocycles. The zero-order chi connectivity index (χ0) is 21.2. The first-order chi connectivity index (χ1) is 13.7. The second kappa shape index (κ2) is 8.23. The molecule has 8 heteroatoms. The first kappa shape index (κ1) is 20.8. The van der Waals surface area contributed by atoms with Crippen LogP contribution in [-0.2, 0) is 11.3 Å². The first-order valence-corrected chi connectivity index (χ1v) is 9.96. The second-order valence-corrected chi connectivity index (χ2v) is 8.26. The molecule has 2 aromatic rings. The maximum absolute atomic E-state index is 12.8. The van der Waals surface area contributed by atoms with Gasteiger partial charge in [-0.25, -0.2) is 9.97 Å². The van der Waals surface area contributed by atoms with Crippen LogP contribution < -0.4 is 5.32 Å². The number of nitrogens with zero attached hydrogens (tertiary/aromatic N) is 6. The van der Waals surface area contributed by atoms with Gasteiger partial charge in [-0.3, -0.25) is 14.4 Å².